The van der Waals surface area contributed by atoms with Crippen LogP contribution in [0.3, 0.4) is 0 Å². The Hall–Kier alpha value is -1.62. The van der Waals surface area contributed by atoms with Gasteiger partial charge in [0.15, 0.2) is 0 Å². The van der Waals surface area contributed by atoms with Gasteiger partial charge in [-0.25, -0.2) is 0 Å². The zero-order valence-electron chi connectivity index (χ0n) is 7.06. The molecule has 2 N–H and O–H groups in total. The summed E-state index contributed by atoms with van der Waals surface area (Å²) in [5, 5.41) is 19.6. The summed E-state index contributed by atoms with van der Waals surface area (Å²) in [7, 11) is 0. The second-order valence-electron chi connectivity index (χ2n) is 2.81. The molecule has 0 aromatic carbocycles. The number of rotatable bonds is 2. The van der Waals surface area contributed by atoms with Gasteiger partial charge >= 0.3 is 0 Å². The number of aliphatic hydroxyl groups is 1. The number of hydrogen-bond acceptors (Lipinski definition) is 4. The molecule has 2 aromatic rings. The highest BCUT2D eigenvalue weighted by molar-refractivity contribution is 5.27. The van der Waals surface area contributed by atoms with Gasteiger partial charge in [0.1, 0.15) is 11.8 Å². The van der Waals surface area contributed by atoms with Crippen molar-refractivity contribution in [2.24, 2.45) is 0 Å². The van der Waals surface area contributed by atoms with Crippen molar-refractivity contribution < 1.29 is 9.52 Å². The van der Waals surface area contributed by atoms with Crippen LogP contribution >= 0.6 is 0 Å². The van der Waals surface area contributed by atoms with E-state index in [-0.39, 0.29) is 0 Å². The standard InChI is InChI=1S/C8H9N3O2/c1-5-3-13-4-6(5)8(12)7-2-9-11-10-7/h2-4,8,12H,1H3,(H,9,10,11). The van der Waals surface area contributed by atoms with Gasteiger partial charge in [-0.3, -0.25) is 0 Å². The van der Waals surface area contributed by atoms with E-state index < -0.39 is 6.10 Å². The van der Waals surface area contributed by atoms with Crippen molar-refractivity contribution in [2.45, 2.75) is 13.0 Å². The van der Waals surface area contributed by atoms with Crippen LogP contribution in [0.1, 0.15) is 22.9 Å². The third kappa shape index (κ3) is 1.33. The highest BCUT2D eigenvalue weighted by atomic mass is 16.3. The second kappa shape index (κ2) is 3.02. The monoisotopic (exact) mass is 179 g/mol. The molecular formula is C8H9N3O2. The van der Waals surface area contributed by atoms with Gasteiger partial charge < -0.3 is 9.52 Å². The summed E-state index contributed by atoms with van der Waals surface area (Å²) in [5.74, 6) is 0. The number of aryl methyl sites for hydroxylation is 1. The van der Waals surface area contributed by atoms with Crippen molar-refractivity contribution in [3.8, 4) is 0 Å². The first-order valence-electron chi connectivity index (χ1n) is 3.85. The summed E-state index contributed by atoms with van der Waals surface area (Å²) in [6.07, 6.45) is 3.81. The van der Waals surface area contributed by atoms with Gasteiger partial charge in [-0.15, -0.1) is 0 Å². The molecule has 0 amide bonds. The van der Waals surface area contributed by atoms with Crippen molar-refractivity contribution in [3.05, 3.63) is 35.5 Å². The third-order valence-electron chi connectivity index (χ3n) is 1.90. The van der Waals surface area contributed by atoms with Crippen LogP contribution in [0.15, 0.2) is 23.1 Å². The van der Waals surface area contributed by atoms with E-state index in [0.29, 0.717) is 11.3 Å². The highest BCUT2D eigenvalue weighted by Crippen LogP contribution is 2.22. The number of aromatic amines is 1. The molecule has 2 aromatic heterocycles. The largest absolute Gasteiger partial charge is 0.472 e. The Kier molecular flexibility index (Phi) is 1.86. The topological polar surface area (TPSA) is 74.9 Å². The minimum atomic E-state index is -0.766. The molecule has 13 heavy (non-hydrogen) atoms. The van der Waals surface area contributed by atoms with Crippen molar-refractivity contribution >= 4 is 0 Å². The molecule has 1 unspecified atom stereocenters. The average molecular weight is 179 g/mol. The Morgan fingerprint density at radius 2 is 2.38 bits per heavy atom. The van der Waals surface area contributed by atoms with Crippen molar-refractivity contribution in [1.82, 2.24) is 15.4 Å². The predicted molar refractivity (Wildman–Crippen MR) is 43.9 cm³/mol. The number of H-pyrrole nitrogens is 1. The molecule has 0 saturated heterocycles. The molecule has 2 rings (SSSR count). The highest BCUT2D eigenvalue weighted by Gasteiger charge is 2.16. The first-order chi connectivity index (χ1) is 6.29. The maximum Gasteiger partial charge on any atom is 0.128 e. The fourth-order valence-electron chi connectivity index (χ4n) is 1.15. The maximum absolute atomic E-state index is 9.77. The molecule has 0 aliphatic heterocycles. The molecule has 1 atom stereocenters. The van der Waals surface area contributed by atoms with Crippen LogP contribution in [0.25, 0.3) is 0 Å². The molecule has 0 aliphatic rings. The Balaban J connectivity index is 2.33. The Labute approximate surface area is 74.4 Å². The van der Waals surface area contributed by atoms with Gasteiger partial charge in [-0.05, 0) is 12.5 Å². The van der Waals surface area contributed by atoms with E-state index in [1.165, 1.54) is 12.5 Å². The number of nitrogens with zero attached hydrogens (tertiary/aromatic N) is 2. The van der Waals surface area contributed by atoms with Gasteiger partial charge in [-0.1, -0.05) is 0 Å². The SMILES string of the molecule is Cc1cocc1C(O)c1cn[nH]n1. The Morgan fingerprint density at radius 3 is 2.92 bits per heavy atom. The van der Waals surface area contributed by atoms with E-state index in [1.54, 1.807) is 6.26 Å². The predicted octanol–water partition coefficient (Wildman–Crippen LogP) is 0.788. The third-order valence-corrected chi connectivity index (χ3v) is 1.90. The average Bonchev–Trinajstić information content (AvgIpc) is 2.72. The van der Waals surface area contributed by atoms with E-state index in [0.717, 1.165) is 5.56 Å². The lowest BCUT2D eigenvalue weighted by atomic mass is 10.1. The van der Waals surface area contributed by atoms with E-state index in [1.807, 2.05) is 6.92 Å². The van der Waals surface area contributed by atoms with E-state index in [4.69, 9.17) is 4.42 Å². The molecule has 2 heterocycles. The van der Waals surface area contributed by atoms with Gasteiger partial charge in [-0.2, -0.15) is 15.4 Å². The van der Waals surface area contributed by atoms with Crippen molar-refractivity contribution in [2.75, 3.05) is 0 Å². The van der Waals surface area contributed by atoms with Gasteiger partial charge in [0.05, 0.1) is 18.7 Å². The van der Waals surface area contributed by atoms with Crippen LogP contribution < -0.4 is 0 Å². The fourth-order valence-corrected chi connectivity index (χ4v) is 1.15. The van der Waals surface area contributed by atoms with E-state index >= 15 is 0 Å². The molecule has 0 radical (unpaired) electrons. The summed E-state index contributed by atoms with van der Waals surface area (Å²) in [5.41, 5.74) is 2.11. The summed E-state index contributed by atoms with van der Waals surface area (Å²) >= 11 is 0. The van der Waals surface area contributed by atoms with Crippen LogP contribution in [0.4, 0.5) is 0 Å². The number of nitrogens with one attached hydrogen (secondary N) is 1. The zero-order valence-corrected chi connectivity index (χ0v) is 7.06. The summed E-state index contributed by atoms with van der Waals surface area (Å²) < 4.78 is 4.95. The van der Waals surface area contributed by atoms with Crippen LogP contribution in [0, 0.1) is 6.92 Å². The summed E-state index contributed by atoms with van der Waals surface area (Å²) in [6.45, 7) is 1.86. The molecule has 5 heteroatoms. The second-order valence-corrected chi connectivity index (χ2v) is 2.81. The number of aliphatic hydroxyl groups excluding tert-OH is 1. The fraction of sp³-hybridized carbons (Fsp3) is 0.250. The number of hydrogen-bond donors (Lipinski definition) is 2. The van der Waals surface area contributed by atoms with Crippen LogP contribution in [0.2, 0.25) is 0 Å². The first kappa shape index (κ1) is 8.00. The molecule has 0 saturated carbocycles. The van der Waals surface area contributed by atoms with Gasteiger partial charge in [0.2, 0.25) is 0 Å². The van der Waals surface area contributed by atoms with Gasteiger partial charge in [0.25, 0.3) is 0 Å². The number of furan rings is 1. The molecular weight excluding hydrogens is 170 g/mol. The summed E-state index contributed by atoms with van der Waals surface area (Å²) in [4.78, 5) is 0. The number of aromatic nitrogens is 3. The smallest absolute Gasteiger partial charge is 0.128 e. The van der Waals surface area contributed by atoms with Crippen molar-refractivity contribution in [1.29, 1.82) is 0 Å². The van der Waals surface area contributed by atoms with E-state index in [9.17, 15) is 5.11 Å². The quantitative estimate of drug-likeness (QED) is 0.714. The molecule has 0 aliphatic carbocycles. The lowest BCUT2D eigenvalue weighted by molar-refractivity contribution is 0.213. The molecule has 0 bridgehead atoms. The lowest BCUT2D eigenvalue weighted by Gasteiger charge is -2.04. The van der Waals surface area contributed by atoms with Crippen LogP contribution in [-0.4, -0.2) is 20.5 Å². The molecule has 68 valence electrons. The van der Waals surface area contributed by atoms with Crippen LogP contribution in [0.5, 0.6) is 0 Å². The molecule has 5 nitrogen and oxygen atoms in total. The first-order valence-corrected chi connectivity index (χ1v) is 3.85. The Morgan fingerprint density at radius 1 is 1.54 bits per heavy atom. The maximum atomic E-state index is 9.77. The lowest BCUT2D eigenvalue weighted by Crippen LogP contribution is -2.00. The van der Waals surface area contributed by atoms with Gasteiger partial charge in [0, 0.05) is 5.56 Å². The minimum absolute atomic E-state index is 0.490. The van der Waals surface area contributed by atoms with Crippen LogP contribution in [-0.2, 0) is 0 Å². The molecule has 0 fully saturated rings. The molecule has 0 spiro atoms. The summed E-state index contributed by atoms with van der Waals surface area (Å²) in [6, 6.07) is 0. The van der Waals surface area contributed by atoms with E-state index in [2.05, 4.69) is 15.4 Å². The normalized spacial score (nSPS) is 13.1. The zero-order chi connectivity index (χ0) is 9.26. The minimum Gasteiger partial charge on any atom is -0.472 e. The van der Waals surface area contributed by atoms with Crippen molar-refractivity contribution in [3.63, 3.8) is 0 Å². The Bertz CT molecular complexity index is 380.